The Labute approximate surface area is 155 Å². The van der Waals surface area contributed by atoms with Gasteiger partial charge in [-0.25, -0.2) is 0 Å². The van der Waals surface area contributed by atoms with Crippen molar-refractivity contribution >= 4 is 23.0 Å². The molecule has 0 aliphatic carbocycles. The standard InChI is InChI=1S/C18H17ClN4O3/c1-11-15(9-20)17(24)23(10-14-6-3-7-26-14)18(25)16(11)22-21-13-5-2-4-12(19)8-13/h2,4-5,8,14,24H,3,6-7,10H2,1H3. The lowest BCUT2D eigenvalue weighted by atomic mass is 10.1. The highest BCUT2D eigenvalue weighted by Gasteiger charge is 2.23. The van der Waals surface area contributed by atoms with Crippen LogP contribution in [0.3, 0.4) is 0 Å². The Morgan fingerprint density at radius 3 is 2.92 bits per heavy atom. The predicted molar refractivity (Wildman–Crippen MR) is 96.4 cm³/mol. The molecule has 0 bridgehead atoms. The normalized spacial score (nSPS) is 16.9. The monoisotopic (exact) mass is 372 g/mol. The third-order valence-corrected chi connectivity index (χ3v) is 4.49. The number of halogens is 1. The molecule has 2 heterocycles. The minimum absolute atomic E-state index is 0.00245. The Bertz CT molecular complexity index is 956. The van der Waals surface area contributed by atoms with E-state index >= 15 is 0 Å². The summed E-state index contributed by atoms with van der Waals surface area (Å²) < 4.78 is 6.66. The van der Waals surface area contributed by atoms with Gasteiger partial charge in [0.15, 0.2) is 5.69 Å². The molecule has 1 saturated heterocycles. The van der Waals surface area contributed by atoms with Crippen molar-refractivity contribution in [1.82, 2.24) is 4.57 Å². The maximum atomic E-state index is 12.8. The molecule has 1 aromatic heterocycles. The van der Waals surface area contributed by atoms with Gasteiger partial charge in [-0.3, -0.25) is 9.36 Å². The van der Waals surface area contributed by atoms with Gasteiger partial charge in [0.2, 0.25) is 5.88 Å². The average molecular weight is 373 g/mol. The first-order chi connectivity index (χ1) is 12.5. The molecule has 1 unspecified atom stereocenters. The summed E-state index contributed by atoms with van der Waals surface area (Å²) in [5.74, 6) is -0.368. The number of hydrogen-bond donors (Lipinski definition) is 1. The zero-order valence-electron chi connectivity index (χ0n) is 14.1. The van der Waals surface area contributed by atoms with E-state index in [2.05, 4.69) is 10.2 Å². The quantitative estimate of drug-likeness (QED) is 0.820. The molecule has 8 heteroatoms. The summed E-state index contributed by atoms with van der Waals surface area (Å²) in [4.78, 5) is 12.8. The van der Waals surface area contributed by atoms with Crippen LogP contribution in [0, 0.1) is 18.3 Å². The van der Waals surface area contributed by atoms with E-state index in [1.165, 1.54) is 0 Å². The molecule has 0 amide bonds. The number of rotatable bonds is 4. The lowest BCUT2D eigenvalue weighted by Gasteiger charge is -2.16. The minimum atomic E-state index is -0.514. The van der Waals surface area contributed by atoms with Crippen molar-refractivity contribution in [2.45, 2.75) is 32.4 Å². The van der Waals surface area contributed by atoms with Crippen LogP contribution >= 0.6 is 11.6 Å². The van der Waals surface area contributed by atoms with Gasteiger partial charge < -0.3 is 9.84 Å². The van der Waals surface area contributed by atoms with Crippen LogP contribution in [0.1, 0.15) is 24.0 Å². The SMILES string of the molecule is Cc1c(C#N)c(O)n(CC2CCCO2)c(=O)c1N=Nc1cccc(Cl)c1. The van der Waals surface area contributed by atoms with Crippen molar-refractivity contribution in [2.24, 2.45) is 10.2 Å². The number of ether oxygens (including phenoxy) is 1. The van der Waals surface area contributed by atoms with Gasteiger partial charge in [0.1, 0.15) is 11.6 Å². The van der Waals surface area contributed by atoms with E-state index < -0.39 is 5.56 Å². The van der Waals surface area contributed by atoms with Crippen molar-refractivity contribution in [3.8, 4) is 11.9 Å². The van der Waals surface area contributed by atoms with Gasteiger partial charge in [-0.2, -0.15) is 10.4 Å². The third kappa shape index (κ3) is 3.62. The van der Waals surface area contributed by atoms with Gasteiger partial charge in [-0.05, 0) is 38.0 Å². The Morgan fingerprint density at radius 2 is 2.27 bits per heavy atom. The minimum Gasteiger partial charge on any atom is -0.493 e. The molecule has 3 rings (SSSR count). The van der Waals surface area contributed by atoms with Gasteiger partial charge >= 0.3 is 0 Å². The molecule has 1 fully saturated rings. The number of aromatic hydroxyl groups is 1. The first kappa shape index (κ1) is 18.1. The van der Waals surface area contributed by atoms with Crippen molar-refractivity contribution < 1.29 is 9.84 Å². The summed E-state index contributed by atoms with van der Waals surface area (Å²) >= 11 is 5.92. The average Bonchev–Trinajstić information content (AvgIpc) is 3.12. The Balaban J connectivity index is 2.06. The van der Waals surface area contributed by atoms with Crippen LogP contribution in [0.4, 0.5) is 11.4 Å². The number of aromatic nitrogens is 1. The molecule has 1 N–H and O–H groups in total. The summed E-state index contributed by atoms with van der Waals surface area (Å²) in [6.45, 7) is 2.35. The molecule has 0 saturated carbocycles. The molecule has 1 aromatic carbocycles. The topological polar surface area (TPSA) is 100.0 Å². The second-order valence-corrected chi connectivity index (χ2v) is 6.45. The summed E-state index contributed by atoms with van der Waals surface area (Å²) in [5, 5.41) is 28.3. The molecule has 1 atom stereocenters. The van der Waals surface area contributed by atoms with Crippen LogP contribution in [-0.2, 0) is 11.3 Å². The smallest absolute Gasteiger partial charge is 0.281 e. The second-order valence-electron chi connectivity index (χ2n) is 6.01. The molecule has 0 spiro atoms. The first-order valence-corrected chi connectivity index (χ1v) is 8.54. The van der Waals surface area contributed by atoms with Crippen molar-refractivity contribution in [3.63, 3.8) is 0 Å². The maximum Gasteiger partial charge on any atom is 0.281 e. The summed E-state index contributed by atoms with van der Waals surface area (Å²) in [5.41, 5.74) is 0.262. The molecule has 1 aliphatic heterocycles. The van der Waals surface area contributed by atoms with Crippen LogP contribution in [0.25, 0.3) is 0 Å². The molecule has 1 aliphatic rings. The lowest BCUT2D eigenvalue weighted by Crippen LogP contribution is -2.27. The third-order valence-electron chi connectivity index (χ3n) is 4.25. The highest BCUT2D eigenvalue weighted by atomic mass is 35.5. The molecule has 26 heavy (non-hydrogen) atoms. The van der Waals surface area contributed by atoms with Crippen LogP contribution in [0.2, 0.25) is 5.02 Å². The summed E-state index contributed by atoms with van der Waals surface area (Å²) in [6, 6.07) is 8.66. The Kier molecular flexibility index (Phi) is 5.35. The zero-order valence-corrected chi connectivity index (χ0v) is 14.9. The number of benzene rings is 1. The van der Waals surface area contributed by atoms with E-state index in [9.17, 15) is 15.2 Å². The molecule has 0 radical (unpaired) electrons. The van der Waals surface area contributed by atoms with Crippen molar-refractivity contribution in [3.05, 3.63) is 50.8 Å². The second kappa shape index (κ2) is 7.68. The Morgan fingerprint density at radius 1 is 1.46 bits per heavy atom. The van der Waals surface area contributed by atoms with Gasteiger partial charge in [0.25, 0.3) is 5.56 Å². The molecule has 2 aromatic rings. The number of azo groups is 1. The molecular formula is C18H17ClN4O3. The number of pyridine rings is 1. The lowest BCUT2D eigenvalue weighted by molar-refractivity contribution is 0.0939. The van der Waals surface area contributed by atoms with Gasteiger partial charge in [-0.15, -0.1) is 5.11 Å². The fourth-order valence-electron chi connectivity index (χ4n) is 2.86. The number of nitriles is 1. The molecular weight excluding hydrogens is 356 g/mol. The Hall–Kier alpha value is -2.69. The van der Waals surface area contributed by atoms with Crippen molar-refractivity contribution in [2.75, 3.05) is 6.61 Å². The fraction of sp³-hybridized carbons (Fsp3) is 0.333. The maximum absolute atomic E-state index is 12.8. The van der Waals surface area contributed by atoms with E-state index in [1.807, 2.05) is 6.07 Å². The predicted octanol–water partition coefficient (Wildman–Crippen LogP) is 3.98. The largest absolute Gasteiger partial charge is 0.493 e. The number of hydrogen-bond acceptors (Lipinski definition) is 6. The fourth-order valence-corrected chi connectivity index (χ4v) is 3.05. The molecule has 134 valence electrons. The van der Waals surface area contributed by atoms with Gasteiger partial charge in [-0.1, -0.05) is 17.7 Å². The van der Waals surface area contributed by atoms with E-state index in [0.29, 0.717) is 17.3 Å². The van der Waals surface area contributed by atoms with E-state index in [0.717, 1.165) is 17.4 Å². The van der Waals surface area contributed by atoms with Gasteiger partial charge in [0, 0.05) is 17.2 Å². The van der Waals surface area contributed by atoms with Gasteiger partial charge in [0.05, 0.1) is 18.3 Å². The highest BCUT2D eigenvalue weighted by molar-refractivity contribution is 6.30. The van der Waals surface area contributed by atoms with E-state index in [1.54, 1.807) is 31.2 Å². The van der Waals surface area contributed by atoms with Crippen LogP contribution in [0.5, 0.6) is 5.88 Å². The van der Waals surface area contributed by atoms with Crippen LogP contribution < -0.4 is 5.56 Å². The first-order valence-electron chi connectivity index (χ1n) is 8.16. The summed E-state index contributed by atoms with van der Waals surface area (Å²) in [7, 11) is 0. The van der Waals surface area contributed by atoms with Crippen LogP contribution in [-0.4, -0.2) is 22.4 Å². The van der Waals surface area contributed by atoms with E-state index in [-0.39, 0.29) is 35.3 Å². The van der Waals surface area contributed by atoms with Crippen molar-refractivity contribution in [1.29, 1.82) is 5.26 Å². The van der Waals surface area contributed by atoms with E-state index in [4.69, 9.17) is 16.3 Å². The molecule has 7 nitrogen and oxygen atoms in total. The highest BCUT2D eigenvalue weighted by Crippen LogP contribution is 2.28. The van der Waals surface area contributed by atoms with Crippen LogP contribution in [0.15, 0.2) is 39.3 Å². The number of nitrogens with zero attached hydrogens (tertiary/aromatic N) is 4. The zero-order chi connectivity index (χ0) is 18.7. The summed E-state index contributed by atoms with van der Waals surface area (Å²) in [6.07, 6.45) is 1.52.